The van der Waals surface area contributed by atoms with Gasteiger partial charge in [-0.15, -0.1) is 0 Å². The summed E-state index contributed by atoms with van der Waals surface area (Å²) in [6.07, 6.45) is 1.74. The quantitative estimate of drug-likeness (QED) is 0.766. The number of hydrogen-bond donors (Lipinski definition) is 1. The minimum Gasteiger partial charge on any atom is -0.378 e. The Morgan fingerprint density at radius 1 is 1.04 bits per heavy atom. The van der Waals surface area contributed by atoms with Crippen LogP contribution in [0.3, 0.4) is 0 Å². The number of benzene rings is 2. The molecule has 0 bridgehead atoms. The predicted molar refractivity (Wildman–Crippen MR) is 113 cm³/mol. The van der Waals surface area contributed by atoms with Gasteiger partial charge < -0.3 is 10.0 Å². The van der Waals surface area contributed by atoms with Gasteiger partial charge in [-0.3, -0.25) is 4.79 Å². The van der Waals surface area contributed by atoms with Crippen molar-refractivity contribution >= 4 is 14.0 Å². The Morgan fingerprint density at radius 2 is 1.52 bits per heavy atom. The Hall–Kier alpha value is -1.91. The minimum absolute atomic E-state index is 0.0360. The van der Waals surface area contributed by atoms with Gasteiger partial charge in [0.15, 0.2) is 0 Å². The molecule has 1 aliphatic rings. The first-order valence-corrected chi connectivity index (χ1v) is 13.5. The Morgan fingerprint density at radius 3 is 1.96 bits per heavy atom. The zero-order valence-electron chi connectivity index (χ0n) is 16.9. The molecule has 4 heteroatoms. The van der Waals surface area contributed by atoms with Gasteiger partial charge in [0, 0.05) is 12.1 Å². The SMILES string of the molecule is C[C@@H](C(=O)N1CCC[C@H]1C(O)(c1ccccc1)c1ccccc1)[Si](C)(C)C. The highest BCUT2D eigenvalue weighted by atomic mass is 28.3. The van der Waals surface area contributed by atoms with Crippen molar-refractivity contribution in [3.8, 4) is 0 Å². The van der Waals surface area contributed by atoms with Crippen molar-refractivity contribution in [1.82, 2.24) is 4.90 Å². The molecule has 1 fully saturated rings. The van der Waals surface area contributed by atoms with E-state index in [1.807, 2.05) is 65.6 Å². The fraction of sp³-hybridized carbons (Fsp3) is 0.435. The molecular weight excluding hydrogens is 350 g/mol. The van der Waals surface area contributed by atoms with Crippen LogP contribution in [0.2, 0.25) is 25.2 Å². The van der Waals surface area contributed by atoms with E-state index in [0.717, 1.165) is 30.5 Å². The molecule has 144 valence electrons. The number of aliphatic hydroxyl groups is 1. The summed E-state index contributed by atoms with van der Waals surface area (Å²) in [5, 5.41) is 12.1. The Balaban J connectivity index is 2.06. The van der Waals surface area contributed by atoms with Crippen molar-refractivity contribution < 1.29 is 9.90 Å². The van der Waals surface area contributed by atoms with Crippen LogP contribution in [-0.2, 0) is 10.4 Å². The molecule has 2 aromatic carbocycles. The van der Waals surface area contributed by atoms with Crippen LogP contribution in [0, 0.1) is 0 Å². The summed E-state index contributed by atoms with van der Waals surface area (Å²) in [7, 11) is -1.61. The van der Waals surface area contributed by atoms with E-state index >= 15 is 0 Å². The molecule has 1 heterocycles. The number of carbonyl (C=O) groups is 1. The number of rotatable bonds is 5. The van der Waals surface area contributed by atoms with Crippen LogP contribution < -0.4 is 0 Å². The first-order chi connectivity index (χ1) is 12.8. The van der Waals surface area contributed by atoms with Gasteiger partial charge in [-0.2, -0.15) is 0 Å². The summed E-state index contributed by atoms with van der Waals surface area (Å²) in [6, 6.07) is 19.4. The van der Waals surface area contributed by atoms with Gasteiger partial charge in [-0.1, -0.05) is 87.2 Å². The molecule has 27 heavy (non-hydrogen) atoms. The second-order valence-corrected chi connectivity index (χ2v) is 14.4. The lowest BCUT2D eigenvalue weighted by Crippen LogP contribution is -2.52. The summed E-state index contributed by atoms with van der Waals surface area (Å²) in [5.74, 6) is 0.196. The molecule has 3 rings (SSSR count). The minimum atomic E-state index is -1.61. The molecule has 1 aliphatic heterocycles. The summed E-state index contributed by atoms with van der Waals surface area (Å²) in [6.45, 7) is 9.50. The van der Waals surface area contributed by atoms with E-state index in [1.165, 1.54) is 0 Å². The van der Waals surface area contributed by atoms with Crippen molar-refractivity contribution in [2.75, 3.05) is 6.54 Å². The maximum atomic E-state index is 13.4. The molecule has 0 aromatic heterocycles. The van der Waals surface area contributed by atoms with E-state index in [-0.39, 0.29) is 17.5 Å². The maximum Gasteiger partial charge on any atom is 0.223 e. The first kappa shape index (κ1) is 19.8. The Labute approximate surface area is 164 Å². The molecule has 0 radical (unpaired) electrons. The van der Waals surface area contributed by atoms with Crippen molar-refractivity contribution in [1.29, 1.82) is 0 Å². The maximum absolute atomic E-state index is 13.4. The largest absolute Gasteiger partial charge is 0.378 e. The summed E-state index contributed by atoms with van der Waals surface area (Å²) >= 11 is 0. The van der Waals surface area contributed by atoms with Crippen LogP contribution in [0.15, 0.2) is 60.7 Å². The highest BCUT2D eigenvalue weighted by Gasteiger charge is 2.48. The summed E-state index contributed by atoms with van der Waals surface area (Å²) in [5.41, 5.74) is 0.533. The van der Waals surface area contributed by atoms with Gasteiger partial charge in [-0.25, -0.2) is 0 Å². The summed E-state index contributed by atoms with van der Waals surface area (Å²) < 4.78 is 0. The Kier molecular flexibility index (Phi) is 5.59. The summed E-state index contributed by atoms with van der Waals surface area (Å²) in [4.78, 5) is 15.3. The van der Waals surface area contributed by atoms with Crippen molar-refractivity contribution in [2.45, 2.75) is 56.6 Å². The van der Waals surface area contributed by atoms with Gasteiger partial charge in [0.05, 0.1) is 14.1 Å². The predicted octanol–water partition coefficient (Wildman–Crippen LogP) is 4.64. The normalized spacial score (nSPS) is 19.1. The number of likely N-dealkylation sites (tertiary alicyclic amines) is 1. The van der Waals surface area contributed by atoms with E-state index in [9.17, 15) is 9.90 Å². The van der Waals surface area contributed by atoms with E-state index in [1.54, 1.807) is 0 Å². The topological polar surface area (TPSA) is 40.5 Å². The number of hydrogen-bond acceptors (Lipinski definition) is 2. The van der Waals surface area contributed by atoms with Gasteiger partial charge in [-0.05, 0) is 24.0 Å². The first-order valence-electron chi connectivity index (χ1n) is 9.90. The van der Waals surface area contributed by atoms with Crippen LogP contribution in [-0.4, -0.2) is 36.6 Å². The molecule has 0 unspecified atom stereocenters. The fourth-order valence-corrected chi connectivity index (χ4v) is 4.93. The van der Waals surface area contributed by atoms with Gasteiger partial charge in [0.2, 0.25) is 5.91 Å². The molecule has 2 aromatic rings. The van der Waals surface area contributed by atoms with Crippen molar-refractivity contribution in [3.63, 3.8) is 0 Å². The van der Waals surface area contributed by atoms with Crippen molar-refractivity contribution in [2.24, 2.45) is 0 Å². The second kappa shape index (κ2) is 7.61. The molecule has 1 saturated heterocycles. The molecule has 1 amide bonds. The van der Waals surface area contributed by atoms with Crippen LogP contribution in [0.4, 0.5) is 0 Å². The van der Waals surface area contributed by atoms with Crippen LogP contribution in [0.25, 0.3) is 0 Å². The molecule has 0 saturated carbocycles. The monoisotopic (exact) mass is 381 g/mol. The lowest BCUT2D eigenvalue weighted by molar-refractivity contribution is -0.136. The molecular formula is C23H31NO2Si. The number of amides is 1. The molecule has 0 aliphatic carbocycles. The van der Waals surface area contributed by atoms with Gasteiger partial charge in [0.1, 0.15) is 5.60 Å². The van der Waals surface area contributed by atoms with Gasteiger partial charge in [0.25, 0.3) is 0 Å². The average molecular weight is 382 g/mol. The third kappa shape index (κ3) is 3.74. The smallest absolute Gasteiger partial charge is 0.223 e. The fourth-order valence-electron chi connectivity index (χ4n) is 4.02. The van der Waals surface area contributed by atoms with Crippen LogP contribution in [0.1, 0.15) is 30.9 Å². The molecule has 1 N–H and O–H groups in total. The van der Waals surface area contributed by atoms with Gasteiger partial charge >= 0.3 is 0 Å². The lowest BCUT2D eigenvalue weighted by atomic mass is 9.79. The van der Waals surface area contributed by atoms with Crippen LogP contribution in [0.5, 0.6) is 0 Å². The standard InChI is InChI=1S/C23H31NO2Si/c1-18(27(2,3)4)22(25)24-17-11-16-21(24)23(26,19-12-7-5-8-13-19)20-14-9-6-10-15-20/h5-10,12-15,18,21,26H,11,16-17H2,1-4H3/t18-,21-/m0/s1. The average Bonchev–Trinajstić information content (AvgIpc) is 3.17. The van der Waals surface area contributed by atoms with Crippen molar-refractivity contribution in [3.05, 3.63) is 71.8 Å². The third-order valence-corrected chi connectivity index (χ3v) is 8.96. The highest BCUT2D eigenvalue weighted by Crippen LogP contribution is 2.41. The second-order valence-electron chi connectivity index (χ2n) is 8.78. The molecule has 2 atom stereocenters. The van der Waals surface area contributed by atoms with E-state index < -0.39 is 13.7 Å². The zero-order valence-corrected chi connectivity index (χ0v) is 17.9. The molecule has 3 nitrogen and oxygen atoms in total. The van der Waals surface area contributed by atoms with E-state index in [0.29, 0.717) is 0 Å². The number of carbonyl (C=O) groups excluding carboxylic acids is 1. The Bertz CT molecular complexity index is 730. The van der Waals surface area contributed by atoms with E-state index in [2.05, 4.69) is 26.6 Å². The highest BCUT2D eigenvalue weighted by molar-refractivity contribution is 6.80. The number of nitrogens with zero attached hydrogens (tertiary/aromatic N) is 1. The van der Waals surface area contributed by atoms with E-state index in [4.69, 9.17) is 0 Å². The van der Waals surface area contributed by atoms with Crippen LogP contribution >= 0.6 is 0 Å². The molecule has 0 spiro atoms. The zero-order chi connectivity index (χ0) is 19.7. The third-order valence-electron chi connectivity index (χ3n) is 6.12. The lowest BCUT2D eigenvalue weighted by Gasteiger charge is -2.42.